The lowest BCUT2D eigenvalue weighted by Crippen LogP contribution is -2.37. The molecule has 2 aliphatic carbocycles. The predicted molar refractivity (Wildman–Crippen MR) is 424 cm³/mol. The lowest BCUT2D eigenvalue weighted by molar-refractivity contribution is -0.114. The third kappa shape index (κ3) is 16.3. The summed E-state index contributed by atoms with van der Waals surface area (Å²) in [6, 6.07) is 43.2. The number of benzene rings is 6. The number of fused-ring (bicyclic) bond motifs is 3. The van der Waals surface area contributed by atoms with Gasteiger partial charge in [0.25, 0.3) is 0 Å². The Hall–Kier alpha value is -11.9. The van der Waals surface area contributed by atoms with Crippen molar-refractivity contribution in [1.29, 1.82) is 0 Å². The van der Waals surface area contributed by atoms with Crippen LogP contribution in [-0.2, 0) is 14.4 Å². The van der Waals surface area contributed by atoms with Gasteiger partial charge in [0.15, 0.2) is 34.4 Å². The van der Waals surface area contributed by atoms with Gasteiger partial charge in [0, 0.05) is 103 Å². The van der Waals surface area contributed by atoms with Crippen molar-refractivity contribution >= 4 is 121 Å². The number of nitrogens with two attached hydrogens (primary N) is 3. The zero-order chi connectivity index (χ0) is 75.9. The van der Waals surface area contributed by atoms with Crippen LogP contribution in [0, 0.1) is 0 Å². The summed E-state index contributed by atoms with van der Waals surface area (Å²) in [6.45, 7) is 2.16. The van der Waals surface area contributed by atoms with Gasteiger partial charge in [0.1, 0.15) is 35.5 Å². The molecule has 0 aliphatic heterocycles. The molecule has 3 amide bonds. The van der Waals surface area contributed by atoms with Gasteiger partial charge in [0.2, 0.25) is 17.7 Å². The molecule has 30 heteroatoms. The molecule has 6 N–H and O–H groups in total. The number of carbonyl (C=O) groups is 3. The van der Waals surface area contributed by atoms with Crippen LogP contribution in [0.15, 0.2) is 215 Å². The highest BCUT2D eigenvalue weighted by atomic mass is 35.5. The van der Waals surface area contributed by atoms with E-state index in [2.05, 4.69) is 53.8 Å². The Morgan fingerprint density at radius 3 is 0.879 bits per heavy atom. The molecule has 2 aliphatic rings. The number of aromatic nitrogens is 12. The summed E-state index contributed by atoms with van der Waals surface area (Å²) in [5, 5.41) is 1.66. The van der Waals surface area contributed by atoms with Crippen LogP contribution in [0.5, 0.6) is 0 Å². The molecule has 0 saturated heterocycles. The maximum atomic E-state index is 13.6. The van der Waals surface area contributed by atoms with Crippen molar-refractivity contribution in [2.45, 2.75) is 44.2 Å². The molecule has 107 heavy (non-hydrogen) atoms. The molecule has 14 rings (SSSR count). The first-order valence-electron chi connectivity index (χ1n) is 34.2. The molecule has 12 aromatic rings. The lowest BCUT2D eigenvalue weighted by Gasteiger charge is -2.33. The fourth-order valence-corrected chi connectivity index (χ4v) is 12.5. The zero-order valence-electron chi connectivity index (χ0n) is 59.7. The van der Waals surface area contributed by atoms with Crippen molar-refractivity contribution in [1.82, 2.24) is 72.0 Å². The molecule has 0 bridgehead atoms. The van der Waals surface area contributed by atoms with E-state index in [1.165, 1.54) is 89.5 Å². The Morgan fingerprint density at radius 1 is 0.374 bits per heavy atom. The number of imidazole rings is 3. The number of halogens is 3. The molecule has 27 nitrogen and oxygen atoms in total. The van der Waals surface area contributed by atoms with E-state index < -0.39 is 0 Å². The molecule has 0 spiro atoms. The smallest absolute Gasteiger partial charge is 0.339 e. The van der Waals surface area contributed by atoms with Crippen LogP contribution in [0.4, 0.5) is 34.5 Å². The normalized spacial score (nSPS) is 13.1. The summed E-state index contributed by atoms with van der Waals surface area (Å²) in [7, 11) is 13.2. The average molecular weight is 1500 g/mol. The van der Waals surface area contributed by atoms with E-state index in [0.717, 1.165) is 13.1 Å². The number of hydrogen-bond acceptors (Lipinski definition) is 18. The molecular formula is C77H78Cl3N21O6. The van der Waals surface area contributed by atoms with Gasteiger partial charge in [-0.3, -0.25) is 37.9 Å². The van der Waals surface area contributed by atoms with Gasteiger partial charge in [-0.25, -0.2) is 58.0 Å². The van der Waals surface area contributed by atoms with E-state index in [0.29, 0.717) is 118 Å². The molecule has 6 aromatic carbocycles. The van der Waals surface area contributed by atoms with Gasteiger partial charge in [0.05, 0.1) is 34.1 Å². The number of likely N-dealkylation sites (N-methyl/N-ethyl adjacent to an activating group) is 6. The highest BCUT2D eigenvalue weighted by Gasteiger charge is 2.27. The lowest BCUT2D eigenvalue weighted by atomic mass is 9.92. The van der Waals surface area contributed by atoms with E-state index in [9.17, 15) is 28.8 Å². The van der Waals surface area contributed by atoms with Crippen molar-refractivity contribution in [3.05, 3.63) is 248 Å². The Morgan fingerprint density at radius 2 is 0.626 bits per heavy atom. The first kappa shape index (κ1) is 74.9. The Kier molecular flexibility index (Phi) is 22.8. The minimum absolute atomic E-state index is 0.119. The predicted octanol–water partition coefficient (Wildman–Crippen LogP) is 10.1. The van der Waals surface area contributed by atoms with Crippen LogP contribution >= 0.6 is 34.8 Å². The highest BCUT2D eigenvalue weighted by Crippen LogP contribution is 2.31. The van der Waals surface area contributed by atoms with Crippen molar-refractivity contribution in [3.63, 3.8) is 0 Å². The topological polar surface area (TPSA) is 307 Å². The SMILES string of the molecule is CN(C(=O)/C=C/CN(C)C1CC1)c1ccc(-n2c(=O)n(-c3ccc(Cl)cc3)c3c(N)ncnc32)cc1.CN(C(=O)/C=C/CN(C)C1CCC1)c1ccc(-n2c(=O)n(-c3ccc(Cl)cc3)c3c(N)ncnc32)cc1.CN(C)C/C=C/C(=O)N(C)c1ccc(-n2c(=O)n(-c3ccc(Cl)cc3)c3c(N)ncnc32)cc1. The van der Waals surface area contributed by atoms with E-state index >= 15 is 0 Å². The van der Waals surface area contributed by atoms with Crippen LogP contribution in [0.2, 0.25) is 15.1 Å². The van der Waals surface area contributed by atoms with Gasteiger partial charge in [-0.1, -0.05) is 59.5 Å². The number of carbonyl (C=O) groups excluding carboxylic acids is 3. The summed E-state index contributed by atoms with van der Waals surface area (Å²) in [5.74, 6) is 0.170. The van der Waals surface area contributed by atoms with Gasteiger partial charge in [-0.2, -0.15) is 0 Å². The quantitative estimate of drug-likeness (QED) is 0.0597. The Balaban J connectivity index is 0.000000150. The number of nitrogens with zero attached hydrogens (tertiary/aromatic N) is 18. The van der Waals surface area contributed by atoms with E-state index in [1.54, 1.807) is 189 Å². The van der Waals surface area contributed by atoms with Crippen molar-refractivity contribution in [2.75, 3.05) is 101 Å². The molecule has 6 heterocycles. The number of amides is 3. The molecular weight excluding hydrogens is 1420 g/mol. The summed E-state index contributed by atoms with van der Waals surface area (Å²) in [6.07, 6.45) is 20.5. The molecule has 548 valence electrons. The molecule has 0 atom stereocenters. The Labute approximate surface area is 630 Å². The number of anilines is 6. The summed E-state index contributed by atoms with van der Waals surface area (Å²) in [4.78, 5) is 115. The fourth-order valence-electron chi connectivity index (χ4n) is 12.2. The zero-order valence-corrected chi connectivity index (χ0v) is 62.0. The number of nitrogen functional groups attached to an aromatic ring is 3. The van der Waals surface area contributed by atoms with Gasteiger partial charge in [-0.05, 0) is 199 Å². The Bertz CT molecular complexity index is 5530. The van der Waals surface area contributed by atoms with Crippen molar-refractivity contribution in [2.24, 2.45) is 0 Å². The van der Waals surface area contributed by atoms with E-state index in [-0.39, 0.29) is 52.2 Å². The second-order valence-corrected chi connectivity index (χ2v) is 27.3. The van der Waals surface area contributed by atoms with E-state index in [4.69, 9.17) is 52.0 Å². The summed E-state index contributed by atoms with van der Waals surface area (Å²) >= 11 is 18.1. The summed E-state index contributed by atoms with van der Waals surface area (Å²) in [5.41, 5.74) is 25.4. The van der Waals surface area contributed by atoms with Crippen LogP contribution in [-0.4, -0.2) is 171 Å². The van der Waals surface area contributed by atoms with Crippen molar-refractivity contribution < 1.29 is 14.4 Å². The van der Waals surface area contributed by atoms with Gasteiger partial charge in [-0.15, -0.1) is 0 Å². The standard InChI is InChI=1S/C27H28ClN7O2.C26H26ClN7O2.C24H24ClN7O2/c1-32(19-5-3-6-19)16-4-7-23(36)33(2)20-12-14-22(15-13-20)35-26-24(25(29)30-17-31-26)34(27(35)37)21-10-8-18(28)9-11-21;1-31(18-9-10-18)15-3-4-22(35)32(2)19-11-13-21(14-12-19)34-25-23(24(28)29-16-30-25)33(26(34)36)20-7-5-17(27)6-8-20;1-29(2)14-4-5-20(33)30(3)17-10-12-19(13-11-17)32-23-21(22(26)27-15-28-23)31(24(32)34)18-8-6-16(25)7-9-18/h4,7-15,17,19H,3,5-6,16H2,1-2H3,(H2,29,30,31);3-8,11-14,16,18H,9-10,15H2,1-2H3,(H2,28,29,30);4-13,15H,14H2,1-3H3,(H2,26,27,28)/b7-4+;4-3+;5-4+. The first-order valence-corrected chi connectivity index (χ1v) is 35.3. The molecule has 2 saturated carbocycles. The fraction of sp³-hybridized carbons (Fsp3) is 0.221. The third-order valence-corrected chi connectivity index (χ3v) is 19.3. The molecule has 2 fully saturated rings. The largest absolute Gasteiger partial charge is 0.382 e. The number of rotatable bonds is 20. The monoisotopic (exact) mass is 1500 g/mol. The second kappa shape index (κ2) is 32.7. The first-order chi connectivity index (χ1) is 51.5. The van der Waals surface area contributed by atoms with E-state index in [1.807, 2.05) is 37.2 Å². The maximum Gasteiger partial charge on any atom is 0.339 e. The van der Waals surface area contributed by atoms with Gasteiger partial charge >= 0.3 is 17.1 Å². The summed E-state index contributed by atoms with van der Waals surface area (Å²) < 4.78 is 8.81. The van der Waals surface area contributed by atoms with Crippen LogP contribution in [0.3, 0.4) is 0 Å². The minimum atomic E-state index is -0.353. The van der Waals surface area contributed by atoms with Crippen LogP contribution in [0.25, 0.3) is 67.6 Å². The van der Waals surface area contributed by atoms with Crippen LogP contribution < -0.4 is 49.0 Å². The van der Waals surface area contributed by atoms with Crippen LogP contribution in [0.1, 0.15) is 32.1 Å². The average Bonchev–Trinajstić information content (AvgIpc) is 1.61. The maximum absolute atomic E-state index is 13.6. The molecule has 0 radical (unpaired) electrons. The second-order valence-electron chi connectivity index (χ2n) is 26.0. The van der Waals surface area contributed by atoms with Gasteiger partial charge < -0.3 is 36.8 Å². The van der Waals surface area contributed by atoms with Crippen molar-refractivity contribution in [3.8, 4) is 34.1 Å². The molecule has 0 unspecified atom stereocenters. The molecule has 6 aromatic heterocycles. The third-order valence-electron chi connectivity index (χ3n) is 18.6. The minimum Gasteiger partial charge on any atom is -0.382 e. The highest BCUT2D eigenvalue weighted by molar-refractivity contribution is 6.31. The number of hydrogen-bond donors (Lipinski definition) is 3.